The van der Waals surface area contributed by atoms with Crippen LogP contribution in [0.5, 0.6) is 0 Å². The van der Waals surface area contributed by atoms with Crippen molar-refractivity contribution in [3.63, 3.8) is 0 Å². The molecule has 0 unspecified atom stereocenters. The topological polar surface area (TPSA) is 65.0 Å². The van der Waals surface area contributed by atoms with Gasteiger partial charge in [0.1, 0.15) is 0 Å². The Morgan fingerprint density at radius 1 is 1.45 bits per heavy atom. The second kappa shape index (κ2) is 5.90. The maximum atomic E-state index is 11.9. The predicted molar refractivity (Wildman–Crippen MR) is 82.2 cm³/mol. The van der Waals surface area contributed by atoms with Gasteiger partial charge < -0.3 is 16.0 Å². The van der Waals surface area contributed by atoms with E-state index in [1.807, 2.05) is 33.0 Å². The lowest BCUT2D eigenvalue weighted by Crippen LogP contribution is -2.32. The Morgan fingerprint density at radius 2 is 2.20 bits per heavy atom. The van der Waals surface area contributed by atoms with Crippen LogP contribution in [0.4, 0.5) is 0 Å². The van der Waals surface area contributed by atoms with Gasteiger partial charge >= 0.3 is 0 Å². The van der Waals surface area contributed by atoms with Crippen molar-refractivity contribution in [3.8, 4) is 0 Å². The first kappa shape index (κ1) is 14.3. The molecule has 1 amide bonds. The molecule has 0 aliphatic carbocycles. The van der Waals surface area contributed by atoms with Crippen LogP contribution >= 0.6 is 0 Å². The average molecular weight is 271 g/mol. The summed E-state index contributed by atoms with van der Waals surface area (Å²) in [7, 11) is 0. The van der Waals surface area contributed by atoms with Crippen molar-refractivity contribution in [3.05, 3.63) is 40.6 Å². The van der Waals surface area contributed by atoms with E-state index >= 15 is 0 Å². The smallest absolute Gasteiger partial charge is 0.251 e. The zero-order valence-electron chi connectivity index (χ0n) is 12.2. The molecule has 0 atom stereocenters. The summed E-state index contributed by atoms with van der Waals surface area (Å²) in [5, 5.41) is 13.7. The number of fused-ring (bicyclic) bond motifs is 1. The highest BCUT2D eigenvalue weighted by atomic mass is 16.1. The minimum atomic E-state index is -0.0198. The van der Waals surface area contributed by atoms with Crippen LogP contribution in [0, 0.1) is 12.3 Å². The van der Waals surface area contributed by atoms with Gasteiger partial charge in [-0.3, -0.25) is 4.79 Å². The first-order chi connectivity index (χ1) is 9.52. The second-order valence-electron chi connectivity index (χ2n) is 5.40. The highest BCUT2D eigenvalue weighted by molar-refractivity contribution is 6.10. The molecular weight excluding hydrogens is 250 g/mol. The number of hydrogen-bond donors (Lipinski definition) is 3. The first-order valence-corrected chi connectivity index (χ1v) is 6.91. The van der Waals surface area contributed by atoms with Crippen LogP contribution in [0.2, 0.25) is 0 Å². The van der Waals surface area contributed by atoms with Gasteiger partial charge in [-0.15, -0.1) is 0 Å². The van der Waals surface area contributed by atoms with Crippen LogP contribution in [-0.2, 0) is 6.42 Å². The molecule has 1 heterocycles. The second-order valence-corrected chi connectivity index (χ2v) is 5.40. The van der Waals surface area contributed by atoms with Crippen molar-refractivity contribution in [2.75, 3.05) is 6.54 Å². The Balaban J connectivity index is 2.45. The Kier molecular flexibility index (Phi) is 4.23. The van der Waals surface area contributed by atoms with E-state index in [1.165, 1.54) is 6.21 Å². The fourth-order valence-electron chi connectivity index (χ4n) is 2.36. The lowest BCUT2D eigenvalue weighted by atomic mass is 9.91. The van der Waals surface area contributed by atoms with E-state index in [4.69, 9.17) is 5.41 Å². The van der Waals surface area contributed by atoms with E-state index < -0.39 is 0 Å². The molecule has 2 rings (SSSR count). The van der Waals surface area contributed by atoms with Gasteiger partial charge in [0.15, 0.2) is 0 Å². The van der Waals surface area contributed by atoms with Gasteiger partial charge in [-0.25, -0.2) is 0 Å². The molecule has 0 saturated carbocycles. The normalized spacial score (nSPS) is 14.8. The molecule has 0 saturated heterocycles. The lowest BCUT2D eigenvalue weighted by Gasteiger charge is -2.19. The molecule has 4 heteroatoms. The van der Waals surface area contributed by atoms with Crippen molar-refractivity contribution in [2.24, 2.45) is 0 Å². The maximum absolute atomic E-state index is 11.9. The summed E-state index contributed by atoms with van der Waals surface area (Å²) in [5.41, 5.74) is 4.64. The molecule has 1 aliphatic heterocycles. The van der Waals surface area contributed by atoms with Gasteiger partial charge in [-0.2, -0.15) is 0 Å². The number of nitrogens with one attached hydrogen (secondary N) is 3. The number of amides is 1. The summed E-state index contributed by atoms with van der Waals surface area (Å²) in [6.07, 6.45) is 4.04. The summed E-state index contributed by atoms with van der Waals surface area (Å²) >= 11 is 0. The van der Waals surface area contributed by atoms with Gasteiger partial charge in [0.05, 0.1) is 0 Å². The SMILES string of the molecule is Cc1cc2c(cc1/C(C=N)=C/NC(C)C)C(=O)NCC2. The third kappa shape index (κ3) is 2.90. The van der Waals surface area contributed by atoms with Crippen molar-refractivity contribution in [1.82, 2.24) is 10.6 Å². The van der Waals surface area contributed by atoms with E-state index in [1.54, 1.807) is 0 Å². The summed E-state index contributed by atoms with van der Waals surface area (Å²) < 4.78 is 0. The molecule has 1 aromatic rings. The standard InChI is InChI=1S/C16H21N3O/c1-10(2)19-9-13(8-17)14-7-15-12(6-11(14)3)4-5-18-16(15)20/h6-10,17,19H,4-5H2,1-3H3,(H,18,20)/b13-9+,17-8?. The molecule has 0 spiro atoms. The van der Waals surface area contributed by atoms with Gasteiger partial charge in [0.2, 0.25) is 0 Å². The minimum Gasteiger partial charge on any atom is -0.388 e. The molecule has 4 nitrogen and oxygen atoms in total. The van der Waals surface area contributed by atoms with Crippen molar-refractivity contribution < 1.29 is 4.79 Å². The van der Waals surface area contributed by atoms with Crippen molar-refractivity contribution in [2.45, 2.75) is 33.2 Å². The number of carbonyl (C=O) groups excluding carboxylic acids is 1. The summed E-state index contributed by atoms with van der Waals surface area (Å²) in [6.45, 7) is 6.82. The van der Waals surface area contributed by atoms with Crippen LogP contribution in [0.25, 0.3) is 5.57 Å². The molecular formula is C16H21N3O. The Hall–Kier alpha value is -2.10. The minimum absolute atomic E-state index is 0.0198. The van der Waals surface area contributed by atoms with Crippen LogP contribution < -0.4 is 10.6 Å². The van der Waals surface area contributed by atoms with Crippen LogP contribution in [-0.4, -0.2) is 24.7 Å². The van der Waals surface area contributed by atoms with Crippen LogP contribution in [0.15, 0.2) is 18.3 Å². The number of hydrogen-bond acceptors (Lipinski definition) is 3. The maximum Gasteiger partial charge on any atom is 0.251 e. The summed E-state index contributed by atoms with van der Waals surface area (Å²) in [5.74, 6) is -0.0198. The Bertz CT molecular complexity index is 573. The molecule has 106 valence electrons. The Morgan fingerprint density at radius 3 is 2.85 bits per heavy atom. The van der Waals surface area contributed by atoms with E-state index in [0.29, 0.717) is 12.6 Å². The van der Waals surface area contributed by atoms with Crippen molar-refractivity contribution >= 4 is 17.7 Å². The van der Waals surface area contributed by atoms with E-state index in [2.05, 4.69) is 16.7 Å². The predicted octanol–water partition coefficient (Wildman–Crippen LogP) is 2.27. The van der Waals surface area contributed by atoms with Gasteiger partial charge in [0.25, 0.3) is 5.91 Å². The molecule has 0 radical (unpaired) electrons. The zero-order chi connectivity index (χ0) is 14.7. The number of benzene rings is 1. The molecule has 3 N–H and O–H groups in total. The average Bonchev–Trinajstić information content (AvgIpc) is 2.40. The lowest BCUT2D eigenvalue weighted by molar-refractivity contribution is 0.0946. The highest BCUT2D eigenvalue weighted by Gasteiger charge is 2.18. The number of rotatable bonds is 4. The molecule has 1 aliphatic rings. The number of allylic oxidation sites excluding steroid dienone is 1. The number of aryl methyl sites for hydroxylation is 1. The van der Waals surface area contributed by atoms with E-state index in [9.17, 15) is 4.79 Å². The Labute approximate surface area is 119 Å². The van der Waals surface area contributed by atoms with Crippen LogP contribution in [0.3, 0.4) is 0 Å². The number of carbonyl (C=O) groups is 1. The summed E-state index contributed by atoms with van der Waals surface area (Å²) in [6, 6.07) is 4.28. The zero-order valence-corrected chi connectivity index (χ0v) is 12.2. The molecule has 0 fully saturated rings. The third-order valence-electron chi connectivity index (χ3n) is 3.41. The summed E-state index contributed by atoms with van der Waals surface area (Å²) in [4.78, 5) is 11.9. The molecule has 0 bridgehead atoms. The molecule has 0 aromatic heterocycles. The first-order valence-electron chi connectivity index (χ1n) is 6.91. The largest absolute Gasteiger partial charge is 0.388 e. The van der Waals surface area contributed by atoms with Crippen molar-refractivity contribution in [1.29, 1.82) is 5.41 Å². The fourth-order valence-corrected chi connectivity index (χ4v) is 2.36. The van der Waals surface area contributed by atoms with Gasteiger partial charge in [-0.05, 0) is 49.9 Å². The fraction of sp³-hybridized carbons (Fsp3) is 0.375. The quantitative estimate of drug-likeness (QED) is 0.735. The van der Waals surface area contributed by atoms with Gasteiger partial charge in [0, 0.05) is 36.1 Å². The molecule has 20 heavy (non-hydrogen) atoms. The monoisotopic (exact) mass is 271 g/mol. The highest BCUT2D eigenvalue weighted by Crippen LogP contribution is 2.24. The van der Waals surface area contributed by atoms with E-state index in [0.717, 1.165) is 34.2 Å². The molecule has 1 aromatic carbocycles. The third-order valence-corrected chi connectivity index (χ3v) is 3.41. The van der Waals surface area contributed by atoms with E-state index in [-0.39, 0.29) is 5.91 Å². The van der Waals surface area contributed by atoms with Crippen LogP contribution in [0.1, 0.15) is 40.9 Å². The van der Waals surface area contributed by atoms with Gasteiger partial charge in [-0.1, -0.05) is 6.07 Å².